The highest BCUT2D eigenvalue weighted by Gasteiger charge is 2.37. The first-order valence-electron chi connectivity index (χ1n) is 5.40. The Morgan fingerprint density at radius 2 is 2.12 bits per heavy atom. The van der Waals surface area contributed by atoms with Gasteiger partial charge in [0.05, 0.1) is 0 Å². The van der Waals surface area contributed by atoms with Crippen LogP contribution in [-0.2, 0) is 4.79 Å². The van der Waals surface area contributed by atoms with Crippen LogP contribution in [0.15, 0.2) is 0 Å². The molecule has 3 nitrogen and oxygen atoms in total. The Bertz CT molecular complexity index is 253. The Morgan fingerprint density at radius 1 is 1.50 bits per heavy atom. The summed E-state index contributed by atoms with van der Waals surface area (Å²) in [5.41, 5.74) is 0. The monoisotopic (exact) mass is 286 g/mol. The second-order valence-electron chi connectivity index (χ2n) is 4.53. The SMILES string of the molecule is CC(C)CC1CN(C(=O)C(Cl)(Cl)Cl)CCN1. The number of carbonyl (C=O) groups excluding carboxylic acids is 1. The average molecular weight is 288 g/mol. The van der Waals surface area contributed by atoms with Crippen molar-refractivity contribution in [1.29, 1.82) is 0 Å². The standard InChI is InChI=1S/C10H17Cl3N2O/c1-7(2)5-8-6-15(4-3-14-8)9(16)10(11,12)13/h7-8,14H,3-6H2,1-2H3. The van der Waals surface area contributed by atoms with Crippen molar-refractivity contribution in [1.82, 2.24) is 10.2 Å². The first-order chi connectivity index (χ1) is 7.30. The molecule has 0 bridgehead atoms. The minimum absolute atomic E-state index is 0.296. The molecule has 94 valence electrons. The molecule has 1 unspecified atom stereocenters. The van der Waals surface area contributed by atoms with Gasteiger partial charge in [-0.3, -0.25) is 4.79 Å². The van der Waals surface area contributed by atoms with Crippen molar-refractivity contribution in [2.24, 2.45) is 5.92 Å². The molecule has 0 saturated carbocycles. The summed E-state index contributed by atoms with van der Waals surface area (Å²) < 4.78 is -1.83. The minimum Gasteiger partial charge on any atom is -0.336 e. The molecule has 0 spiro atoms. The van der Waals surface area contributed by atoms with E-state index in [2.05, 4.69) is 19.2 Å². The van der Waals surface area contributed by atoms with Crippen molar-refractivity contribution in [3.8, 4) is 0 Å². The van der Waals surface area contributed by atoms with Gasteiger partial charge in [-0.1, -0.05) is 48.7 Å². The first-order valence-corrected chi connectivity index (χ1v) is 6.53. The fourth-order valence-corrected chi connectivity index (χ4v) is 2.27. The smallest absolute Gasteiger partial charge is 0.274 e. The summed E-state index contributed by atoms with van der Waals surface area (Å²) in [5, 5.41) is 3.36. The third kappa shape index (κ3) is 4.28. The van der Waals surface area contributed by atoms with Crippen LogP contribution >= 0.6 is 34.8 Å². The van der Waals surface area contributed by atoms with Crippen molar-refractivity contribution >= 4 is 40.7 Å². The fraction of sp³-hybridized carbons (Fsp3) is 0.900. The number of nitrogens with zero attached hydrogens (tertiary/aromatic N) is 1. The van der Waals surface area contributed by atoms with Gasteiger partial charge in [-0.2, -0.15) is 0 Å². The van der Waals surface area contributed by atoms with Gasteiger partial charge in [-0.25, -0.2) is 0 Å². The maximum absolute atomic E-state index is 11.8. The van der Waals surface area contributed by atoms with Gasteiger partial charge in [0.15, 0.2) is 0 Å². The van der Waals surface area contributed by atoms with Gasteiger partial charge in [0.25, 0.3) is 9.70 Å². The van der Waals surface area contributed by atoms with E-state index < -0.39 is 9.70 Å². The van der Waals surface area contributed by atoms with Crippen molar-refractivity contribution in [3.05, 3.63) is 0 Å². The minimum atomic E-state index is -1.83. The fourth-order valence-electron chi connectivity index (χ4n) is 1.92. The van der Waals surface area contributed by atoms with Crippen LogP contribution in [0.25, 0.3) is 0 Å². The number of piperazine rings is 1. The van der Waals surface area contributed by atoms with Crippen LogP contribution in [0.2, 0.25) is 0 Å². The molecular formula is C10H17Cl3N2O. The van der Waals surface area contributed by atoms with Gasteiger partial charge in [-0.05, 0) is 12.3 Å². The molecule has 0 aromatic rings. The van der Waals surface area contributed by atoms with E-state index in [1.807, 2.05) is 0 Å². The highest BCUT2D eigenvalue weighted by molar-refractivity contribution is 6.76. The number of halogens is 3. The summed E-state index contributed by atoms with van der Waals surface area (Å²) in [5.74, 6) is 0.160. The van der Waals surface area contributed by atoms with Crippen molar-refractivity contribution in [2.75, 3.05) is 19.6 Å². The van der Waals surface area contributed by atoms with E-state index in [1.54, 1.807) is 4.90 Å². The molecule has 1 N–H and O–H groups in total. The van der Waals surface area contributed by atoms with Crippen molar-refractivity contribution in [2.45, 2.75) is 30.1 Å². The lowest BCUT2D eigenvalue weighted by Gasteiger charge is -2.35. The Balaban J connectivity index is 2.54. The number of alkyl halides is 3. The van der Waals surface area contributed by atoms with Gasteiger partial charge in [0.2, 0.25) is 0 Å². The van der Waals surface area contributed by atoms with Gasteiger partial charge in [-0.15, -0.1) is 0 Å². The number of hydrogen-bond acceptors (Lipinski definition) is 2. The predicted molar refractivity (Wildman–Crippen MR) is 68.1 cm³/mol. The summed E-state index contributed by atoms with van der Waals surface area (Å²) in [6.45, 7) is 6.27. The number of nitrogens with one attached hydrogen (secondary N) is 1. The molecule has 6 heteroatoms. The first kappa shape index (κ1) is 14.4. The molecule has 1 aliphatic rings. The molecule has 0 aromatic heterocycles. The summed E-state index contributed by atoms with van der Waals surface area (Å²) in [6.07, 6.45) is 1.02. The number of carbonyl (C=O) groups is 1. The largest absolute Gasteiger partial charge is 0.336 e. The summed E-state index contributed by atoms with van der Waals surface area (Å²) in [6, 6.07) is 0.296. The normalized spacial score (nSPS) is 22.6. The number of hydrogen-bond donors (Lipinski definition) is 1. The molecule has 1 amide bonds. The molecule has 1 heterocycles. The second-order valence-corrected chi connectivity index (χ2v) is 6.81. The Hall–Kier alpha value is 0.300. The van der Waals surface area contributed by atoms with Crippen LogP contribution in [-0.4, -0.2) is 40.3 Å². The Morgan fingerprint density at radius 3 is 2.62 bits per heavy atom. The van der Waals surface area contributed by atoms with Gasteiger partial charge >= 0.3 is 0 Å². The van der Waals surface area contributed by atoms with Gasteiger partial charge < -0.3 is 10.2 Å². The molecule has 16 heavy (non-hydrogen) atoms. The summed E-state index contributed by atoms with van der Waals surface area (Å²) in [7, 11) is 0. The number of amides is 1. The zero-order chi connectivity index (χ0) is 12.3. The highest BCUT2D eigenvalue weighted by Crippen LogP contribution is 2.29. The predicted octanol–water partition coefficient (Wildman–Crippen LogP) is 2.20. The molecule has 0 radical (unpaired) electrons. The molecule has 1 aliphatic heterocycles. The quantitative estimate of drug-likeness (QED) is 0.790. The summed E-state index contributed by atoms with van der Waals surface area (Å²) in [4.78, 5) is 13.4. The van der Waals surface area contributed by atoms with Crippen LogP contribution in [0, 0.1) is 5.92 Å². The molecule has 1 fully saturated rings. The number of rotatable bonds is 2. The lowest BCUT2D eigenvalue weighted by molar-refractivity contribution is -0.131. The molecule has 1 saturated heterocycles. The summed E-state index contributed by atoms with van der Waals surface area (Å²) >= 11 is 16.8. The van der Waals surface area contributed by atoms with Crippen LogP contribution < -0.4 is 5.32 Å². The van der Waals surface area contributed by atoms with Crippen LogP contribution in [0.5, 0.6) is 0 Å². The van der Waals surface area contributed by atoms with E-state index in [9.17, 15) is 4.79 Å². The van der Waals surface area contributed by atoms with Crippen LogP contribution in [0.1, 0.15) is 20.3 Å². The maximum atomic E-state index is 11.8. The van der Waals surface area contributed by atoms with E-state index in [-0.39, 0.29) is 0 Å². The zero-order valence-electron chi connectivity index (χ0n) is 9.47. The lowest BCUT2D eigenvalue weighted by atomic mass is 10.0. The zero-order valence-corrected chi connectivity index (χ0v) is 11.7. The second kappa shape index (κ2) is 5.76. The highest BCUT2D eigenvalue weighted by atomic mass is 35.6. The van der Waals surface area contributed by atoms with E-state index >= 15 is 0 Å². The molecule has 1 atom stereocenters. The average Bonchev–Trinajstić information content (AvgIpc) is 2.14. The molecule has 0 aromatic carbocycles. The van der Waals surface area contributed by atoms with Crippen LogP contribution in [0.3, 0.4) is 0 Å². The van der Waals surface area contributed by atoms with Crippen molar-refractivity contribution in [3.63, 3.8) is 0 Å². The topological polar surface area (TPSA) is 32.3 Å². The molecular weight excluding hydrogens is 270 g/mol. The third-order valence-electron chi connectivity index (χ3n) is 2.54. The third-order valence-corrected chi connectivity index (χ3v) is 3.03. The maximum Gasteiger partial charge on any atom is 0.274 e. The Labute approximate surface area is 111 Å². The molecule has 0 aliphatic carbocycles. The van der Waals surface area contributed by atoms with Crippen LogP contribution in [0.4, 0.5) is 0 Å². The van der Waals surface area contributed by atoms with Crippen molar-refractivity contribution < 1.29 is 4.79 Å². The van der Waals surface area contributed by atoms with Gasteiger partial charge in [0, 0.05) is 25.7 Å². The van der Waals surface area contributed by atoms with E-state index in [0.717, 1.165) is 13.0 Å². The van der Waals surface area contributed by atoms with E-state index in [0.29, 0.717) is 25.0 Å². The van der Waals surface area contributed by atoms with E-state index in [4.69, 9.17) is 34.8 Å². The lowest BCUT2D eigenvalue weighted by Crippen LogP contribution is -2.55. The van der Waals surface area contributed by atoms with Gasteiger partial charge in [0.1, 0.15) is 0 Å². The Kier molecular flexibility index (Phi) is 5.17. The molecule has 1 rings (SSSR count). The van der Waals surface area contributed by atoms with E-state index in [1.165, 1.54) is 0 Å².